The molecule has 1 fully saturated rings. The summed E-state index contributed by atoms with van der Waals surface area (Å²) < 4.78 is 5.40. The first kappa shape index (κ1) is 26.3. The van der Waals surface area contributed by atoms with E-state index in [1.54, 1.807) is 12.1 Å². The van der Waals surface area contributed by atoms with Gasteiger partial charge >= 0.3 is 0 Å². The molecule has 1 unspecified atom stereocenters. The number of nitrogens with zero attached hydrogens (tertiary/aromatic N) is 2. The van der Waals surface area contributed by atoms with E-state index in [1.807, 2.05) is 12.1 Å². The number of carbonyl (C=O) groups excluding carboxylic acids is 3. The Labute approximate surface area is 206 Å². The van der Waals surface area contributed by atoms with Crippen LogP contribution in [0.1, 0.15) is 27.0 Å². The molecule has 1 heterocycles. The summed E-state index contributed by atoms with van der Waals surface area (Å²) in [5.74, 6) is -2.18. The summed E-state index contributed by atoms with van der Waals surface area (Å²) in [7, 11) is 2.70. The number of ether oxygens (including phenoxy) is 1. The summed E-state index contributed by atoms with van der Waals surface area (Å²) >= 11 is 0. The maximum absolute atomic E-state index is 12.8. The van der Waals surface area contributed by atoms with Crippen molar-refractivity contribution in [1.29, 1.82) is 0 Å². The number of benzene rings is 2. The van der Waals surface area contributed by atoms with Crippen molar-refractivity contribution in [3.63, 3.8) is 0 Å². The van der Waals surface area contributed by atoms with Gasteiger partial charge in [-0.05, 0) is 48.1 Å². The van der Waals surface area contributed by atoms with Crippen LogP contribution in [-0.2, 0) is 33.6 Å². The Balaban J connectivity index is 1.52. The van der Waals surface area contributed by atoms with Crippen LogP contribution in [0.4, 0.5) is 0 Å². The molecule has 1 saturated heterocycles. The lowest BCUT2D eigenvalue weighted by molar-refractivity contribution is -0.140. The maximum atomic E-state index is 12.8. The van der Waals surface area contributed by atoms with Gasteiger partial charge in [-0.2, -0.15) is 0 Å². The molecule has 9 heteroatoms. The van der Waals surface area contributed by atoms with Crippen LogP contribution < -0.4 is 10.8 Å². The molecule has 0 radical (unpaired) electrons. The zero-order chi connectivity index (χ0) is 25.2. The van der Waals surface area contributed by atoms with Gasteiger partial charge in [0.05, 0.1) is 13.2 Å². The summed E-state index contributed by atoms with van der Waals surface area (Å²) in [5.41, 5.74) is 5.45. The lowest BCUT2D eigenvalue weighted by atomic mass is 10.0. The van der Waals surface area contributed by atoms with Gasteiger partial charge in [-0.3, -0.25) is 24.5 Å². The predicted octanol–water partition coefficient (Wildman–Crippen LogP) is 1.04. The number of hydrogen-bond acceptors (Lipinski definition) is 6. The number of rotatable bonds is 10. The Kier molecular flexibility index (Phi) is 9.77. The van der Waals surface area contributed by atoms with Gasteiger partial charge in [0.15, 0.2) is 6.04 Å². The van der Waals surface area contributed by atoms with Gasteiger partial charge in [-0.25, -0.2) is 5.48 Å². The van der Waals surface area contributed by atoms with Gasteiger partial charge < -0.3 is 15.0 Å². The highest BCUT2D eigenvalue weighted by Gasteiger charge is 2.33. The topological polar surface area (TPSA) is 111 Å². The summed E-state index contributed by atoms with van der Waals surface area (Å²) in [6, 6.07) is 14.4. The van der Waals surface area contributed by atoms with Crippen molar-refractivity contribution in [1.82, 2.24) is 20.6 Å². The molecule has 1 aliphatic rings. The number of carbonyl (C=O) groups is 3. The molecule has 0 aliphatic carbocycles. The van der Waals surface area contributed by atoms with Gasteiger partial charge in [-0.1, -0.05) is 36.4 Å². The van der Waals surface area contributed by atoms with E-state index in [0.717, 1.165) is 62.6 Å². The Morgan fingerprint density at radius 3 is 1.94 bits per heavy atom. The Hall–Kier alpha value is -3.27. The summed E-state index contributed by atoms with van der Waals surface area (Å²) in [6.45, 7) is 4.71. The van der Waals surface area contributed by atoms with Crippen LogP contribution in [0.2, 0.25) is 0 Å². The van der Waals surface area contributed by atoms with Crippen molar-refractivity contribution in [2.75, 3.05) is 46.9 Å². The molecule has 35 heavy (non-hydrogen) atoms. The average molecular weight is 483 g/mol. The summed E-state index contributed by atoms with van der Waals surface area (Å²) in [6.07, 6.45) is 2.74. The first-order valence-electron chi connectivity index (χ1n) is 11.8. The molecule has 3 amide bonds. The lowest BCUT2D eigenvalue weighted by Crippen LogP contribution is -2.54. The first-order chi connectivity index (χ1) is 16.9. The molecule has 9 nitrogen and oxygen atoms in total. The zero-order valence-electron chi connectivity index (χ0n) is 20.3. The molecule has 2 aromatic carbocycles. The fraction of sp³-hybridized carbons (Fsp3) is 0.423. The molecule has 1 aliphatic heterocycles. The molecule has 188 valence electrons. The molecule has 3 rings (SSSR count). The van der Waals surface area contributed by atoms with Crippen molar-refractivity contribution in [2.45, 2.75) is 25.3 Å². The van der Waals surface area contributed by atoms with Crippen molar-refractivity contribution in [2.24, 2.45) is 0 Å². The van der Waals surface area contributed by atoms with E-state index in [4.69, 9.17) is 9.94 Å². The third kappa shape index (κ3) is 7.35. The first-order valence-corrected chi connectivity index (χ1v) is 11.8. The normalized spacial score (nSPS) is 14.7. The van der Waals surface area contributed by atoms with E-state index < -0.39 is 23.8 Å². The van der Waals surface area contributed by atoms with Gasteiger partial charge in [0, 0.05) is 39.3 Å². The third-order valence-corrected chi connectivity index (χ3v) is 6.31. The largest absolute Gasteiger partial charge is 0.379 e. The van der Waals surface area contributed by atoms with Crippen LogP contribution in [-0.4, -0.2) is 85.7 Å². The summed E-state index contributed by atoms with van der Waals surface area (Å²) in [5, 5.41) is 11.2. The third-order valence-electron chi connectivity index (χ3n) is 6.31. The van der Waals surface area contributed by atoms with Crippen molar-refractivity contribution < 1.29 is 24.3 Å². The summed E-state index contributed by atoms with van der Waals surface area (Å²) in [4.78, 5) is 40.1. The van der Waals surface area contributed by atoms with Crippen LogP contribution in [0.5, 0.6) is 0 Å². The molecule has 1 atom stereocenters. The highest BCUT2D eigenvalue weighted by molar-refractivity contribution is 6.08. The monoisotopic (exact) mass is 482 g/mol. The van der Waals surface area contributed by atoms with Crippen LogP contribution in [0.25, 0.3) is 0 Å². The van der Waals surface area contributed by atoms with Crippen molar-refractivity contribution in [3.8, 4) is 0 Å². The number of hydrogen-bond donors (Lipinski definition) is 3. The smallest absolute Gasteiger partial charge is 0.275 e. The van der Waals surface area contributed by atoms with E-state index in [-0.39, 0.29) is 0 Å². The Morgan fingerprint density at radius 2 is 1.43 bits per heavy atom. The SMILES string of the molecule is CNC(=O)C(C(=O)NO)N(C)C(=O)c1ccc(CCc2ccc(CCN3CCOCC3)cc2)cc1. The van der Waals surface area contributed by atoms with Gasteiger partial charge in [0.2, 0.25) is 0 Å². The Morgan fingerprint density at radius 1 is 0.914 bits per heavy atom. The number of morpholine rings is 1. The van der Waals surface area contributed by atoms with Crippen LogP contribution in [0, 0.1) is 0 Å². The van der Waals surface area contributed by atoms with E-state index in [0.29, 0.717) is 5.56 Å². The van der Waals surface area contributed by atoms with Crippen molar-refractivity contribution in [3.05, 3.63) is 70.8 Å². The quantitative estimate of drug-likeness (QED) is 0.265. The average Bonchev–Trinajstić information content (AvgIpc) is 2.91. The van der Waals surface area contributed by atoms with E-state index >= 15 is 0 Å². The fourth-order valence-electron chi connectivity index (χ4n) is 4.08. The number of nitrogens with one attached hydrogen (secondary N) is 2. The lowest BCUT2D eigenvalue weighted by Gasteiger charge is -2.26. The number of likely N-dealkylation sites (N-methyl/N-ethyl adjacent to an activating group) is 2. The highest BCUT2D eigenvalue weighted by atomic mass is 16.5. The van der Waals surface area contributed by atoms with Gasteiger partial charge in [-0.15, -0.1) is 0 Å². The Bertz CT molecular complexity index is 972. The van der Waals surface area contributed by atoms with Crippen LogP contribution in [0.3, 0.4) is 0 Å². The predicted molar refractivity (Wildman–Crippen MR) is 131 cm³/mol. The van der Waals surface area contributed by atoms with E-state index in [9.17, 15) is 14.4 Å². The molecule has 2 aromatic rings. The molecule has 0 aromatic heterocycles. The second-order valence-corrected chi connectivity index (χ2v) is 8.63. The maximum Gasteiger partial charge on any atom is 0.275 e. The molecule has 0 saturated carbocycles. The van der Waals surface area contributed by atoms with Crippen LogP contribution >= 0.6 is 0 Å². The minimum Gasteiger partial charge on any atom is -0.379 e. The van der Waals surface area contributed by atoms with Gasteiger partial charge in [0.1, 0.15) is 0 Å². The van der Waals surface area contributed by atoms with Crippen LogP contribution in [0.15, 0.2) is 48.5 Å². The molecule has 3 N–H and O–H groups in total. The molecule has 0 spiro atoms. The molecular formula is C26H34N4O5. The van der Waals surface area contributed by atoms with Crippen molar-refractivity contribution >= 4 is 17.7 Å². The molecule has 0 bridgehead atoms. The highest BCUT2D eigenvalue weighted by Crippen LogP contribution is 2.13. The zero-order valence-corrected chi connectivity index (χ0v) is 20.3. The minimum atomic E-state index is -1.48. The van der Waals surface area contributed by atoms with E-state index in [1.165, 1.54) is 30.7 Å². The fourth-order valence-corrected chi connectivity index (χ4v) is 4.08. The molecular weight excluding hydrogens is 448 g/mol. The number of aryl methyl sites for hydroxylation is 2. The number of hydroxylamine groups is 1. The minimum absolute atomic E-state index is 0.348. The van der Waals surface area contributed by atoms with E-state index in [2.05, 4.69) is 34.5 Å². The second kappa shape index (κ2) is 13.0. The van der Waals surface area contributed by atoms with Gasteiger partial charge in [0.25, 0.3) is 17.7 Å². The second-order valence-electron chi connectivity index (χ2n) is 8.63. The standard InChI is InChI=1S/C26H34N4O5/c1-27-24(31)23(25(32)28-34)29(2)26(33)22-11-9-20(10-12-22)4-3-19-5-7-21(8-6-19)13-14-30-15-17-35-18-16-30/h5-12,23,34H,3-4,13-18H2,1-2H3,(H,27,31)(H,28,32). The number of amides is 3.